The zero-order valence-corrected chi connectivity index (χ0v) is 15.6. The summed E-state index contributed by atoms with van der Waals surface area (Å²) in [5.41, 5.74) is 1.17. The second-order valence-electron chi connectivity index (χ2n) is 6.10. The number of hydrogen-bond donors (Lipinski definition) is 2. The van der Waals surface area contributed by atoms with E-state index < -0.39 is 0 Å². The Hall–Kier alpha value is -1.34. The Bertz CT molecular complexity index is 782. The average Bonchev–Trinajstić information content (AvgIpc) is 3.12. The number of nitrogens with zero attached hydrogens (tertiary/aromatic N) is 1. The Labute approximate surface area is 149 Å². The number of aromatic amines is 1. The maximum atomic E-state index is 12.3. The lowest BCUT2D eigenvalue weighted by Gasteiger charge is -2.04. The maximum Gasteiger partial charge on any atom is 0.259 e. The molecule has 24 heavy (non-hydrogen) atoms. The van der Waals surface area contributed by atoms with Crippen molar-refractivity contribution in [3.63, 3.8) is 0 Å². The van der Waals surface area contributed by atoms with E-state index in [4.69, 9.17) is 0 Å². The van der Waals surface area contributed by atoms with Crippen molar-refractivity contribution in [3.8, 4) is 0 Å². The first-order valence-electron chi connectivity index (χ1n) is 8.57. The van der Waals surface area contributed by atoms with Crippen LogP contribution in [-0.2, 0) is 23.4 Å². The van der Waals surface area contributed by atoms with Crippen molar-refractivity contribution in [1.82, 2.24) is 15.3 Å². The van der Waals surface area contributed by atoms with E-state index in [9.17, 15) is 9.59 Å². The van der Waals surface area contributed by atoms with E-state index in [1.54, 1.807) is 11.3 Å². The fourth-order valence-electron chi connectivity index (χ4n) is 3.01. The predicted molar refractivity (Wildman–Crippen MR) is 101 cm³/mol. The van der Waals surface area contributed by atoms with Crippen molar-refractivity contribution < 1.29 is 4.79 Å². The van der Waals surface area contributed by atoms with Crippen molar-refractivity contribution in [1.29, 1.82) is 0 Å². The summed E-state index contributed by atoms with van der Waals surface area (Å²) in [6, 6.07) is 0. The fourth-order valence-corrected chi connectivity index (χ4v) is 5.01. The van der Waals surface area contributed by atoms with Crippen molar-refractivity contribution >= 4 is 39.2 Å². The number of hydrogen-bond acceptors (Lipinski definition) is 5. The van der Waals surface area contributed by atoms with Gasteiger partial charge in [-0.1, -0.05) is 19.8 Å². The summed E-state index contributed by atoms with van der Waals surface area (Å²) in [6.07, 6.45) is 6.52. The lowest BCUT2D eigenvalue weighted by molar-refractivity contribution is -0.118. The summed E-state index contributed by atoms with van der Waals surface area (Å²) in [5.74, 6) is 1.66. The van der Waals surface area contributed by atoms with Gasteiger partial charge in [-0.15, -0.1) is 23.1 Å². The van der Waals surface area contributed by atoms with Gasteiger partial charge in [0.25, 0.3) is 5.56 Å². The second kappa shape index (κ2) is 8.16. The Morgan fingerprint density at radius 3 is 3.08 bits per heavy atom. The van der Waals surface area contributed by atoms with Crippen LogP contribution in [0.1, 0.15) is 48.9 Å². The van der Waals surface area contributed by atoms with Gasteiger partial charge < -0.3 is 10.3 Å². The number of aromatic nitrogens is 2. The number of thioether (sulfide) groups is 1. The van der Waals surface area contributed by atoms with E-state index in [-0.39, 0.29) is 11.5 Å². The van der Waals surface area contributed by atoms with Gasteiger partial charge in [-0.25, -0.2) is 4.98 Å². The third-order valence-corrected chi connectivity index (χ3v) is 6.33. The highest BCUT2D eigenvalue weighted by Crippen LogP contribution is 2.34. The molecule has 3 rings (SSSR count). The Morgan fingerprint density at radius 2 is 2.25 bits per heavy atom. The summed E-state index contributed by atoms with van der Waals surface area (Å²) < 4.78 is 0. The highest BCUT2D eigenvalue weighted by Gasteiger charge is 2.21. The van der Waals surface area contributed by atoms with Gasteiger partial charge in [-0.3, -0.25) is 9.59 Å². The first kappa shape index (κ1) is 17.5. The Balaban J connectivity index is 1.55. The molecule has 0 saturated carbocycles. The normalized spacial score (nSPS) is 13.4. The van der Waals surface area contributed by atoms with Crippen LogP contribution in [0.3, 0.4) is 0 Å². The zero-order valence-electron chi connectivity index (χ0n) is 13.9. The van der Waals surface area contributed by atoms with Gasteiger partial charge in [-0.05, 0) is 31.2 Å². The zero-order chi connectivity index (χ0) is 16.9. The minimum atomic E-state index is -0.0287. The van der Waals surface area contributed by atoms with Crippen LogP contribution in [-0.4, -0.2) is 28.2 Å². The van der Waals surface area contributed by atoms with E-state index in [1.165, 1.54) is 22.2 Å². The lowest BCUT2D eigenvalue weighted by atomic mass is 10.2. The van der Waals surface area contributed by atoms with Gasteiger partial charge in [0, 0.05) is 11.4 Å². The van der Waals surface area contributed by atoms with Crippen LogP contribution in [0.25, 0.3) is 10.2 Å². The number of thiophene rings is 1. The number of aryl methyl sites for hydroxylation is 2. The molecule has 2 heterocycles. The summed E-state index contributed by atoms with van der Waals surface area (Å²) in [6.45, 7) is 2.89. The summed E-state index contributed by atoms with van der Waals surface area (Å²) in [4.78, 5) is 33.7. The number of carbonyl (C=O) groups excluding carboxylic acids is 1. The molecule has 7 heteroatoms. The molecule has 2 aromatic rings. The minimum Gasteiger partial charge on any atom is -0.355 e. The molecule has 2 N–H and O–H groups in total. The second-order valence-corrected chi connectivity index (χ2v) is 8.17. The highest BCUT2D eigenvalue weighted by molar-refractivity contribution is 7.99. The highest BCUT2D eigenvalue weighted by atomic mass is 32.2. The molecule has 1 aliphatic rings. The van der Waals surface area contributed by atoms with E-state index in [1.807, 2.05) is 0 Å². The summed E-state index contributed by atoms with van der Waals surface area (Å²) in [5, 5.41) is 3.71. The topological polar surface area (TPSA) is 74.8 Å². The number of nitrogens with one attached hydrogen (secondary N) is 2. The van der Waals surface area contributed by atoms with Crippen LogP contribution in [0, 0.1) is 0 Å². The molecule has 0 atom stereocenters. The molecule has 0 spiro atoms. The molecular weight excluding hydrogens is 342 g/mol. The van der Waals surface area contributed by atoms with Crippen molar-refractivity contribution in [2.45, 2.75) is 51.2 Å². The molecule has 0 saturated heterocycles. The molecule has 0 bridgehead atoms. The fraction of sp³-hybridized carbons (Fsp3) is 0.588. The standard InChI is InChI=1S/C17H23N3O2S2/c1-2-3-4-8-18-14(21)10-23-9-13-19-16(22)15-11-6-5-7-12(11)24-17(15)20-13/h2-10H2,1H3,(H,18,21)(H,19,20,22). The number of fused-ring (bicyclic) bond motifs is 3. The SMILES string of the molecule is CCCCCNC(=O)CSCc1nc2sc3c(c2c(=O)[nH]1)CCC3. The quantitative estimate of drug-likeness (QED) is 0.705. The molecule has 1 amide bonds. The van der Waals surface area contributed by atoms with Crippen molar-refractivity contribution in [3.05, 3.63) is 26.6 Å². The molecule has 1 aliphatic carbocycles. The lowest BCUT2D eigenvalue weighted by Crippen LogP contribution is -2.26. The number of rotatable bonds is 8. The van der Waals surface area contributed by atoms with Crippen LogP contribution in [0.5, 0.6) is 0 Å². The molecule has 2 aromatic heterocycles. The average molecular weight is 366 g/mol. The van der Waals surface area contributed by atoms with E-state index >= 15 is 0 Å². The predicted octanol–water partition coefficient (Wildman–Crippen LogP) is 3.01. The Morgan fingerprint density at radius 1 is 1.38 bits per heavy atom. The molecule has 0 unspecified atom stereocenters. The van der Waals surface area contributed by atoms with Gasteiger partial charge >= 0.3 is 0 Å². The first-order chi connectivity index (χ1) is 11.7. The van der Waals surface area contributed by atoms with Crippen molar-refractivity contribution in [2.24, 2.45) is 0 Å². The van der Waals surface area contributed by atoms with Crippen molar-refractivity contribution in [2.75, 3.05) is 12.3 Å². The molecule has 0 fully saturated rings. The van der Waals surface area contributed by atoms with Gasteiger partial charge in [-0.2, -0.15) is 0 Å². The van der Waals surface area contributed by atoms with Crippen LogP contribution in [0.2, 0.25) is 0 Å². The maximum absolute atomic E-state index is 12.3. The molecule has 130 valence electrons. The number of carbonyl (C=O) groups is 1. The smallest absolute Gasteiger partial charge is 0.259 e. The minimum absolute atomic E-state index is 0.0287. The van der Waals surface area contributed by atoms with E-state index in [0.29, 0.717) is 17.3 Å². The first-order valence-corrected chi connectivity index (χ1v) is 10.5. The number of H-pyrrole nitrogens is 1. The van der Waals surface area contributed by atoms with Crippen LogP contribution < -0.4 is 10.9 Å². The Kier molecular flexibility index (Phi) is 5.94. The monoisotopic (exact) mass is 365 g/mol. The molecule has 0 radical (unpaired) electrons. The van der Waals surface area contributed by atoms with Crippen LogP contribution in [0.4, 0.5) is 0 Å². The van der Waals surface area contributed by atoms with Gasteiger partial charge in [0.1, 0.15) is 10.7 Å². The third-order valence-electron chi connectivity index (χ3n) is 4.20. The number of unbranched alkanes of at least 4 members (excludes halogenated alkanes) is 2. The van der Waals surface area contributed by atoms with Gasteiger partial charge in [0.15, 0.2) is 0 Å². The number of amides is 1. The summed E-state index contributed by atoms with van der Waals surface area (Å²) >= 11 is 3.14. The van der Waals surface area contributed by atoms with Crippen LogP contribution >= 0.6 is 23.1 Å². The largest absolute Gasteiger partial charge is 0.355 e. The molecular formula is C17H23N3O2S2. The van der Waals surface area contributed by atoms with Crippen LogP contribution in [0.15, 0.2) is 4.79 Å². The van der Waals surface area contributed by atoms with Gasteiger partial charge in [0.2, 0.25) is 5.91 Å². The van der Waals surface area contributed by atoms with E-state index in [2.05, 4.69) is 22.2 Å². The van der Waals surface area contributed by atoms with Gasteiger partial charge in [0.05, 0.1) is 16.9 Å². The third kappa shape index (κ3) is 4.00. The van der Waals surface area contributed by atoms with E-state index in [0.717, 1.165) is 55.3 Å². The summed E-state index contributed by atoms with van der Waals surface area (Å²) in [7, 11) is 0. The molecule has 0 aromatic carbocycles. The molecule has 0 aliphatic heterocycles. The molecule has 5 nitrogen and oxygen atoms in total.